The number of halogens is 1. The lowest BCUT2D eigenvalue weighted by Gasteiger charge is -2.50. The summed E-state index contributed by atoms with van der Waals surface area (Å²) in [5.74, 6) is 0.739. The number of hydrogen-bond acceptors (Lipinski definition) is 6. The highest BCUT2D eigenvalue weighted by Crippen LogP contribution is 2.50. The van der Waals surface area contributed by atoms with Crippen LogP contribution < -0.4 is 10.4 Å². The van der Waals surface area contributed by atoms with Gasteiger partial charge in [0.25, 0.3) is 6.01 Å². The van der Waals surface area contributed by atoms with E-state index in [1.165, 1.54) is 11.5 Å². The molecule has 0 radical (unpaired) electrons. The standard InChI is InChI=1S/C36H44ClN3O4S/c1-21-18-25(35(2,3)4)30(26(19-21)36(5,6)7)44-32(41)29-28(22-14-16-23(37)17-15-22)27(20-45-24-12-10-9-11-13-24)40-31(29)38-33(43-8)39-34(40)42/h9-17,21,25-26,30H,18-20H2,1-8H3,(H,38,39,42). The fourth-order valence-corrected chi connectivity index (χ4v) is 7.83. The number of hydrogen-bond donors (Lipinski definition) is 1. The molecule has 2 aromatic carbocycles. The van der Waals surface area contributed by atoms with Crippen LogP contribution in [0.25, 0.3) is 16.8 Å². The van der Waals surface area contributed by atoms with E-state index in [-0.39, 0.29) is 46.0 Å². The number of rotatable bonds is 7. The number of thioether (sulfide) groups is 1. The molecule has 0 spiro atoms. The molecule has 1 N–H and O–H groups in total. The van der Waals surface area contributed by atoms with E-state index in [0.717, 1.165) is 23.3 Å². The minimum Gasteiger partial charge on any atom is -0.468 e. The Kier molecular flexibility index (Phi) is 9.48. The van der Waals surface area contributed by atoms with Crippen molar-refractivity contribution in [1.82, 2.24) is 14.4 Å². The highest BCUT2D eigenvalue weighted by atomic mass is 35.5. The number of nitrogens with one attached hydrogen (secondary N) is 1. The Labute approximate surface area is 275 Å². The van der Waals surface area contributed by atoms with Gasteiger partial charge in [-0.1, -0.05) is 90.4 Å². The summed E-state index contributed by atoms with van der Waals surface area (Å²) >= 11 is 7.88. The van der Waals surface area contributed by atoms with E-state index in [4.69, 9.17) is 21.1 Å². The van der Waals surface area contributed by atoms with Crippen LogP contribution in [-0.2, 0) is 10.5 Å². The van der Waals surface area contributed by atoms with Crippen LogP contribution in [-0.4, -0.2) is 33.6 Å². The molecule has 45 heavy (non-hydrogen) atoms. The van der Waals surface area contributed by atoms with Gasteiger partial charge in [-0.2, -0.15) is 4.98 Å². The zero-order chi connectivity index (χ0) is 32.7. The van der Waals surface area contributed by atoms with E-state index >= 15 is 0 Å². The minimum absolute atomic E-state index is 0.0237. The van der Waals surface area contributed by atoms with Crippen molar-refractivity contribution in [1.29, 1.82) is 0 Å². The highest BCUT2D eigenvalue weighted by Gasteiger charge is 2.48. The summed E-state index contributed by atoms with van der Waals surface area (Å²) in [5.41, 5.74) is 1.85. The van der Waals surface area contributed by atoms with Gasteiger partial charge >= 0.3 is 11.7 Å². The van der Waals surface area contributed by atoms with Crippen LogP contribution in [0.5, 0.6) is 6.01 Å². The second kappa shape index (κ2) is 12.9. The first-order valence-corrected chi connectivity index (χ1v) is 16.9. The first kappa shape index (κ1) is 33.1. The molecular weight excluding hydrogens is 606 g/mol. The molecule has 1 aliphatic carbocycles. The van der Waals surface area contributed by atoms with E-state index < -0.39 is 11.7 Å². The number of fused-ring (bicyclic) bond motifs is 1. The van der Waals surface area contributed by atoms with Gasteiger partial charge in [-0.15, -0.1) is 11.8 Å². The number of aromatic nitrogens is 3. The zero-order valence-corrected chi connectivity index (χ0v) is 29.0. The smallest absolute Gasteiger partial charge is 0.342 e. The second-order valence-corrected chi connectivity index (χ2v) is 15.9. The highest BCUT2D eigenvalue weighted by molar-refractivity contribution is 7.98. The Balaban J connectivity index is 1.73. The van der Waals surface area contributed by atoms with Gasteiger partial charge in [0.2, 0.25) is 0 Å². The Morgan fingerprint density at radius 3 is 2.16 bits per heavy atom. The molecule has 2 heterocycles. The molecule has 7 nitrogen and oxygen atoms in total. The average Bonchev–Trinajstić information content (AvgIpc) is 3.31. The molecule has 1 aliphatic rings. The van der Waals surface area contributed by atoms with Crippen molar-refractivity contribution >= 4 is 35.0 Å². The number of H-pyrrole nitrogens is 1. The molecule has 1 fully saturated rings. The third-order valence-corrected chi connectivity index (χ3v) is 10.4. The van der Waals surface area contributed by atoms with Crippen LogP contribution in [0.15, 0.2) is 64.3 Å². The molecule has 5 rings (SSSR count). The van der Waals surface area contributed by atoms with Crippen molar-refractivity contribution in [2.24, 2.45) is 28.6 Å². The quantitative estimate of drug-likeness (QED) is 0.159. The predicted molar refractivity (Wildman–Crippen MR) is 182 cm³/mol. The van der Waals surface area contributed by atoms with Gasteiger partial charge in [0, 0.05) is 38.8 Å². The van der Waals surface area contributed by atoms with Gasteiger partial charge in [0.15, 0.2) is 5.65 Å². The van der Waals surface area contributed by atoms with Crippen molar-refractivity contribution in [3.05, 3.63) is 81.4 Å². The molecule has 9 heteroatoms. The van der Waals surface area contributed by atoms with Gasteiger partial charge in [0.1, 0.15) is 11.7 Å². The number of methoxy groups -OCH3 is 1. The molecular formula is C36H44ClN3O4S. The van der Waals surface area contributed by atoms with Crippen LogP contribution in [0.3, 0.4) is 0 Å². The normalized spacial score (nSPS) is 20.7. The van der Waals surface area contributed by atoms with Gasteiger partial charge in [-0.05, 0) is 59.4 Å². The monoisotopic (exact) mass is 649 g/mol. The molecule has 1 saturated carbocycles. The van der Waals surface area contributed by atoms with Gasteiger partial charge in [-0.25, -0.2) is 14.0 Å². The fraction of sp³-hybridized carbons (Fsp3) is 0.472. The lowest BCUT2D eigenvalue weighted by Crippen LogP contribution is -2.49. The Morgan fingerprint density at radius 1 is 1.00 bits per heavy atom. The molecule has 0 aliphatic heterocycles. The lowest BCUT2D eigenvalue weighted by atomic mass is 9.59. The summed E-state index contributed by atoms with van der Waals surface area (Å²) in [5, 5.41) is 0.571. The average molecular weight is 650 g/mol. The van der Waals surface area contributed by atoms with Gasteiger partial charge < -0.3 is 9.47 Å². The maximum atomic E-state index is 14.8. The molecule has 240 valence electrons. The topological polar surface area (TPSA) is 85.7 Å². The van der Waals surface area contributed by atoms with Crippen LogP contribution >= 0.6 is 23.4 Å². The molecule has 2 atom stereocenters. The molecule has 4 aromatic rings. The summed E-state index contributed by atoms with van der Waals surface area (Å²) < 4.78 is 13.6. The number of benzene rings is 2. The SMILES string of the molecule is COc1nc2c(C(=O)OC3C(C(C)(C)C)CC(C)CC3C(C)(C)C)c(-c3ccc(Cl)cc3)c(CSc3ccccc3)n2c(=O)[nH]1. The van der Waals surface area contributed by atoms with Gasteiger partial charge in [-0.3, -0.25) is 4.98 Å². The van der Waals surface area contributed by atoms with E-state index in [2.05, 4.69) is 58.4 Å². The summed E-state index contributed by atoms with van der Waals surface area (Å²) in [7, 11) is 1.44. The van der Waals surface area contributed by atoms with E-state index in [0.29, 0.717) is 28.0 Å². The first-order chi connectivity index (χ1) is 21.2. The van der Waals surface area contributed by atoms with E-state index in [1.807, 2.05) is 42.5 Å². The molecule has 2 aromatic heterocycles. The van der Waals surface area contributed by atoms with Crippen molar-refractivity contribution in [2.75, 3.05) is 7.11 Å². The zero-order valence-electron chi connectivity index (χ0n) is 27.4. The van der Waals surface area contributed by atoms with Crippen LogP contribution in [0.4, 0.5) is 0 Å². The van der Waals surface area contributed by atoms with Crippen molar-refractivity contribution in [3.63, 3.8) is 0 Å². The Hall–Kier alpha value is -3.23. The summed E-state index contributed by atoms with van der Waals surface area (Å²) in [6.07, 6.45) is 1.63. The summed E-state index contributed by atoms with van der Waals surface area (Å²) in [4.78, 5) is 36.8. The van der Waals surface area contributed by atoms with Gasteiger partial charge in [0.05, 0.1) is 7.11 Å². The third kappa shape index (κ3) is 6.97. The van der Waals surface area contributed by atoms with E-state index in [1.54, 1.807) is 23.9 Å². The lowest BCUT2D eigenvalue weighted by molar-refractivity contribution is -0.0922. The Morgan fingerprint density at radius 2 is 1.60 bits per heavy atom. The number of carbonyl (C=O) groups is 1. The molecule has 0 bridgehead atoms. The number of aromatic amines is 1. The number of ether oxygens (including phenoxy) is 2. The first-order valence-electron chi connectivity index (χ1n) is 15.6. The maximum Gasteiger partial charge on any atom is 0.342 e. The molecule has 2 unspecified atom stereocenters. The molecule has 0 saturated heterocycles. The largest absolute Gasteiger partial charge is 0.468 e. The fourth-order valence-electron chi connectivity index (χ4n) is 6.78. The van der Waals surface area contributed by atoms with Crippen molar-refractivity contribution in [2.45, 2.75) is 78.1 Å². The van der Waals surface area contributed by atoms with E-state index in [9.17, 15) is 9.59 Å². The second-order valence-electron chi connectivity index (χ2n) is 14.4. The third-order valence-electron chi connectivity index (χ3n) is 9.09. The summed E-state index contributed by atoms with van der Waals surface area (Å²) in [6, 6.07) is 17.3. The van der Waals surface area contributed by atoms with Crippen LogP contribution in [0.1, 0.15) is 77.4 Å². The van der Waals surface area contributed by atoms with Crippen molar-refractivity contribution < 1.29 is 14.3 Å². The number of esters is 1. The minimum atomic E-state index is -0.489. The summed E-state index contributed by atoms with van der Waals surface area (Å²) in [6.45, 7) is 15.7. The molecule has 0 amide bonds. The maximum absolute atomic E-state index is 14.8. The van der Waals surface area contributed by atoms with Crippen molar-refractivity contribution in [3.8, 4) is 17.1 Å². The number of nitrogens with zero attached hydrogens (tertiary/aromatic N) is 2. The Bertz CT molecular complexity index is 1690. The van der Waals surface area contributed by atoms with Crippen LogP contribution in [0.2, 0.25) is 5.02 Å². The predicted octanol–water partition coefficient (Wildman–Crippen LogP) is 8.92. The van der Waals surface area contributed by atoms with Crippen LogP contribution in [0, 0.1) is 28.6 Å². The number of carbonyl (C=O) groups excluding carboxylic acids is 1.